The molecule has 0 radical (unpaired) electrons. The number of fused-ring (bicyclic) bond motifs is 1. The Morgan fingerprint density at radius 2 is 1.68 bits per heavy atom. The van der Waals surface area contributed by atoms with E-state index < -0.39 is 6.04 Å². The Kier molecular flexibility index (Phi) is 8.37. The van der Waals surface area contributed by atoms with Gasteiger partial charge in [-0.3, -0.25) is 0 Å². The second-order valence-corrected chi connectivity index (χ2v) is 11.5. The van der Waals surface area contributed by atoms with Crippen molar-refractivity contribution < 1.29 is 14.3 Å². The molecule has 4 aromatic rings. The van der Waals surface area contributed by atoms with Gasteiger partial charge in [-0.1, -0.05) is 91.0 Å². The minimum Gasteiger partial charge on any atom is -0.489 e. The van der Waals surface area contributed by atoms with E-state index in [9.17, 15) is 4.79 Å². The zero-order valence-corrected chi connectivity index (χ0v) is 24.0. The van der Waals surface area contributed by atoms with Crippen molar-refractivity contribution in [2.24, 2.45) is 0 Å². The third-order valence-electron chi connectivity index (χ3n) is 7.51. The first-order valence-electron chi connectivity index (χ1n) is 14.2. The highest BCUT2D eigenvalue weighted by Gasteiger charge is 2.36. The lowest BCUT2D eigenvalue weighted by Crippen LogP contribution is -2.32. The molecule has 0 bridgehead atoms. The van der Waals surface area contributed by atoms with Gasteiger partial charge in [0.2, 0.25) is 11.1 Å². The van der Waals surface area contributed by atoms with Crippen LogP contribution in [0.15, 0.2) is 101 Å². The summed E-state index contributed by atoms with van der Waals surface area (Å²) in [5, 5.41) is 8.86. The van der Waals surface area contributed by atoms with Crippen LogP contribution in [0, 0.1) is 0 Å². The van der Waals surface area contributed by atoms with Crippen molar-refractivity contribution >= 4 is 23.7 Å². The Hall–Kier alpha value is -4.04. The fourth-order valence-electron chi connectivity index (χ4n) is 5.40. The number of carbonyl (C=O) groups excluding carboxylic acids is 1. The summed E-state index contributed by atoms with van der Waals surface area (Å²) in [5.74, 6) is 1.78. The van der Waals surface area contributed by atoms with Crippen molar-refractivity contribution in [3.63, 3.8) is 0 Å². The van der Waals surface area contributed by atoms with Crippen LogP contribution in [-0.4, -0.2) is 26.8 Å². The van der Waals surface area contributed by atoms with Gasteiger partial charge in [-0.05, 0) is 61.4 Å². The van der Waals surface area contributed by atoms with Crippen molar-refractivity contribution in [1.29, 1.82) is 0 Å². The highest BCUT2D eigenvalue weighted by Crippen LogP contribution is 2.38. The SMILES string of the molecule is CC1=C(C(=O)OC2CCCCC2)C(c2cccc(OCc3ccccc3)c2)n2nc(SCc3ccccc3)nc2N1. The second-order valence-electron chi connectivity index (χ2n) is 10.5. The number of allylic oxidation sites excluding steroid dienone is 1. The molecule has 6 rings (SSSR count). The lowest BCUT2D eigenvalue weighted by Gasteiger charge is -2.30. The number of aromatic nitrogens is 3. The van der Waals surface area contributed by atoms with Crippen LogP contribution in [0.1, 0.15) is 61.8 Å². The van der Waals surface area contributed by atoms with Gasteiger partial charge in [0.25, 0.3) is 0 Å². The maximum Gasteiger partial charge on any atom is 0.338 e. The van der Waals surface area contributed by atoms with Crippen LogP contribution in [-0.2, 0) is 21.9 Å². The van der Waals surface area contributed by atoms with Gasteiger partial charge in [-0.15, -0.1) is 5.10 Å². The van der Waals surface area contributed by atoms with E-state index in [1.165, 1.54) is 12.0 Å². The molecule has 1 fully saturated rings. The first-order chi connectivity index (χ1) is 20.1. The third-order valence-corrected chi connectivity index (χ3v) is 8.42. The van der Waals surface area contributed by atoms with Crippen LogP contribution in [0.5, 0.6) is 5.75 Å². The van der Waals surface area contributed by atoms with Gasteiger partial charge >= 0.3 is 5.97 Å². The highest BCUT2D eigenvalue weighted by atomic mass is 32.2. The van der Waals surface area contributed by atoms with Gasteiger partial charge in [0.05, 0.1) is 5.57 Å². The number of nitrogens with zero attached hydrogens (tertiary/aromatic N) is 3. The molecule has 1 saturated carbocycles. The summed E-state index contributed by atoms with van der Waals surface area (Å²) in [5.41, 5.74) is 4.45. The van der Waals surface area contributed by atoms with Crippen molar-refractivity contribution in [3.05, 3.63) is 113 Å². The van der Waals surface area contributed by atoms with E-state index in [0.717, 1.165) is 54.0 Å². The molecule has 1 atom stereocenters. The molecule has 8 heteroatoms. The molecular weight excluding hydrogens is 532 g/mol. The molecule has 1 aliphatic heterocycles. The summed E-state index contributed by atoms with van der Waals surface area (Å²) in [4.78, 5) is 18.6. The van der Waals surface area contributed by atoms with Crippen molar-refractivity contribution in [3.8, 4) is 5.75 Å². The maximum absolute atomic E-state index is 13.8. The number of esters is 1. The van der Waals surface area contributed by atoms with Crippen LogP contribution >= 0.6 is 11.8 Å². The minimum atomic E-state index is -0.499. The summed E-state index contributed by atoms with van der Waals surface area (Å²) in [6.07, 6.45) is 5.15. The number of carbonyl (C=O) groups is 1. The van der Waals surface area contributed by atoms with E-state index in [-0.39, 0.29) is 12.1 Å². The fraction of sp³-hybridized carbons (Fsp3) is 0.303. The number of ether oxygens (including phenoxy) is 2. The van der Waals surface area contributed by atoms with E-state index >= 15 is 0 Å². The van der Waals surface area contributed by atoms with Crippen LogP contribution in [0.2, 0.25) is 0 Å². The molecule has 7 nitrogen and oxygen atoms in total. The molecule has 2 heterocycles. The summed E-state index contributed by atoms with van der Waals surface area (Å²) >= 11 is 1.57. The molecule has 2 aliphatic rings. The second kappa shape index (κ2) is 12.6. The summed E-state index contributed by atoms with van der Waals surface area (Å²) < 4.78 is 14.0. The van der Waals surface area contributed by atoms with E-state index in [1.807, 2.05) is 84.4 Å². The third kappa shape index (κ3) is 6.49. The molecule has 41 heavy (non-hydrogen) atoms. The van der Waals surface area contributed by atoms with E-state index in [0.29, 0.717) is 23.3 Å². The van der Waals surface area contributed by atoms with Crippen molar-refractivity contribution in [2.75, 3.05) is 5.32 Å². The number of anilines is 1. The predicted octanol–water partition coefficient (Wildman–Crippen LogP) is 7.31. The first kappa shape index (κ1) is 27.1. The fourth-order valence-corrected chi connectivity index (χ4v) is 6.19. The number of hydrogen-bond donors (Lipinski definition) is 1. The van der Waals surface area contributed by atoms with Gasteiger partial charge in [0, 0.05) is 11.4 Å². The summed E-state index contributed by atoms with van der Waals surface area (Å²) in [6, 6.07) is 27.7. The smallest absolute Gasteiger partial charge is 0.338 e. The number of benzene rings is 3. The van der Waals surface area contributed by atoms with E-state index in [1.54, 1.807) is 11.8 Å². The maximum atomic E-state index is 13.8. The Morgan fingerprint density at radius 3 is 2.44 bits per heavy atom. The number of nitrogens with one attached hydrogen (secondary N) is 1. The highest BCUT2D eigenvalue weighted by molar-refractivity contribution is 7.98. The standard InChI is InChI=1S/C33H34N4O3S/c1-23-29(31(38)40-27-17-9-4-10-18-27)30(26-16-11-19-28(20-26)39-21-24-12-5-2-6-13-24)37-32(34-23)35-33(36-37)41-22-25-14-7-3-8-15-25/h2-3,5-8,11-16,19-20,27,30H,4,9-10,17-18,21-22H2,1H3,(H,34,35,36). The Balaban J connectivity index is 1.30. The van der Waals surface area contributed by atoms with Crippen molar-refractivity contribution in [2.45, 2.75) is 68.7 Å². The van der Waals surface area contributed by atoms with Gasteiger partial charge in [0.15, 0.2) is 0 Å². The molecule has 1 N–H and O–H groups in total. The summed E-state index contributed by atoms with van der Waals surface area (Å²) in [6.45, 7) is 2.37. The van der Waals surface area contributed by atoms with Gasteiger partial charge in [-0.2, -0.15) is 4.98 Å². The summed E-state index contributed by atoms with van der Waals surface area (Å²) in [7, 11) is 0. The van der Waals surface area contributed by atoms with Gasteiger partial charge < -0.3 is 14.8 Å². The molecule has 0 spiro atoms. The van der Waals surface area contributed by atoms with E-state index in [4.69, 9.17) is 19.6 Å². The van der Waals surface area contributed by atoms with Crippen LogP contribution < -0.4 is 10.1 Å². The normalized spacial score (nSPS) is 17.0. The van der Waals surface area contributed by atoms with E-state index in [2.05, 4.69) is 17.4 Å². The van der Waals surface area contributed by atoms with Crippen molar-refractivity contribution in [1.82, 2.24) is 14.8 Å². The predicted molar refractivity (Wildman–Crippen MR) is 161 cm³/mol. The van der Waals surface area contributed by atoms with Crippen LogP contribution in [0.4, 0.5) is 5.95 Å². The zero-order valence-electron chi connectivity index (χ0n) is 23.2. The minimum absolute atomic E-state index is 0.0492. The Bertz CT molecular complexity index is 1510. The molecule has 1 aliphatic carbocycles. The molecule has 3 aromatic carbocycles. The first-order valence-corrected chi connectivity index (χ1v) is 15.2. The number of hydrogen-bond acceptors (Lipinski definition) is 7. The molecule has 0 saturated heterocycles. The quantitative estimate of drug-likeness (QED) is 0.168. The van der Waals surface area contributed by atoms with Gasteiger partial charge in [-0.25, -0.2) is 9.48 Å². The largest absolute Gasteiger partial charge is 0.489 e. The van der Waals surface area contributed by atoms with Crippen LogP contribution in [0.25, 0.3) is 0 Å². The topological polar surface area (TPSA) is 78.3 Å². The Morgan fingerprint density at radius 1 is 0.951 bits per heavy atom. The van der Waals surface area contributed by atoms with Gasteiger partial charge in [0.1, 0.15) is 24.5 Å². The molecule has 210 valence electrons. The molecule has 1 unspecified atom stereocenters. The monoisotopic (exact) mass is 566 g/mol. The number of rotatable bonds is 9. The Labute approximate surface area is 245 Å². The lowest BCUT2D eigenvalue weighted by molar-refractivity contribution is -0.146. The molecule has 1 aromatic heterocycles. The average Bonchev–Trinajstić information content (AvgIpc) is 3.42. The number of thioether (sulfide) groups is 1. The zero-order chi connectivity index (χ0) is 28.0. The van der Waals surface area contributed by atoms with Crippen LogP contribution in [0.3, 0.4) is 0 Å². The molecule has 0 amide bonds. The average molecular weight is 567 g/mol. The molecular formula is C33H34N4O3S. The lowest BCUT2D eigenvalue weighted by atomic mass is 9.94.